The Kier molecular flexibility index (Phi) is 4.67. The summed E-state index contributed by atoms with van der Waals surface area (Å²) in [5.74, 6) is 0.582. The topological polar surface area (TPSA) is 26.0 Å². The Morgan fingerprint density at radius 1 is 1.19 bits per heavy atom. The Morgan fingerprint density at radius 3 is 2.81 bits per heavy atom. The van der Waals surface area contributed by atoms with E-state index in [2.05, 4.69) is 55.5 Å². The summed E-state index contributed by atoms with van der Waals surface area (Å²) >= 11 is 2.04. The number of rotatable bonds is 5. The lowest BCUT2D eigenvalue weighted by Gasteiger charge is -2.18. The van der Waals surface area contributed by atoms with Crippen LogP contribution < -0.4 is 5.73 Å². The van der Waals surface area contributed by atoms with Crippen molar-refractivity contribution < 1.29 is 0 Å². The molecule has 3 rings (SSSR count). The number of fused-ring (bicyclic) bond motifs is 1. The molecule has 1 heterocycles. The van der Waals surface area contributed by atoms with Crippen LogP contribution in [0.1, 0.15) is 23.1 Å². The van der Waals surface area contributed by atoms with Gasteiger partial charge in [-0.3, -0.25) is 0 Å². The zero-order valence-electron chi connectivity index (χ0n) is 12.6. The maximum atomic E-state index is 6.03. The van der Waals surface area contributed by atoms with Gasteiger partial charge in [-0.15, -0.1) is 11.8 Å². The maximum absolute atomic E-state index is 6.03. The van der Waals surface area contributed by atoms with E-state index in [-0.39, 0.29) is 0 Å². The third-order valence-corrected chi connectivity index (χ3v) is 5.59. The van der Waals surface area contributed by atoms with Crippen molar-refractivity contribution in [2.45, 2.75) is 36.3 Å². The fourth-order valence-corrected chi connectivity index (χ4v) is 4.64. The van der Waals surface area contributed by atoms with Gasteiger partial charge in [0.15, 0.2) is 0 Å². The molecule has 2 unspecified atom stereocenters. The van der Waals surface area contributed by atoms with Gasteiger partial charge in [-0.2, -0.15) is 0 Å². The van der Waals surface area contributed by atoms with E-state index in [1.807, 2.05) is 11.8 Å². The van der Waals surface area contributed by atoms with Crippen LogP contribution in [0.5, 0.6) is 0 Å². The normalized spacial score (nSPS) is 18.5. The maximum Gasteiger partial charge on any atom is 0.0138 e. The summed E-state index contributed by atoms with van der Waals surface area (Å²) in [4.78, 5) is 1.47. The summed E-state index contributed by atoms with van der Waals surface area (Å²) in [5.41, 5.74) is 10.3. The predicted octanol–water partition coefficient (Wildman–Crippen LogP) is 4.22. The second-order valence-electron chi connectivity index (χ2n) is 6.08. The molecule has 0 spiro atoms. The van der Waals surface area contributed by atoms with Crippen LogP contribution >= 0.6 is 11.8 Å². The van der Waals surface area contributed by atoms with Crippen LogP contribution in [-0.2, 0) is 12.8 Å². The first-order valence-corrected chi connectivity index (χ1v) is 8.62. The van der Waals surface area contributed by atoms with Gasteiger partial charge in [-0.1, -0.05) is 48.0 Å². The molecule has 0 bridgehead atoms. The van der Waals surface area contributed by atoms with Crippen molar-refractivity contribution in [3.63, 3.8) is 0 Å². The van der Waals surface area contributed by atoms with Crippen molar-refractivity contribution in [1.29, 1.82) is 0 Å². The van der Waals surface area contributed by atoms with Gasteiger partial charge in [0.25, 0.3) is 0 Å². The van der Waals surface area contributed by atoms with E-state index < -0.39 is 0 Å². The summed E-state index contributed by atoms with van der Waals surface area (Å²) < 4.78 is 0. The first-order valence-electron chi connectivity index (χ1n) is 7.75. The molecule has 1 aliphatic heterocycles. The molecule has 21 heavy (non-hydrogen) atoms. The zero-order valence-corrected chi connectivity index (χ0v) is 13.4. The highest BCUT2D eigenvalue weighted by Crippen LogP contribution is 2.39. The molecule has 0 fully saturated rings. The molecule has 0 saturated heterocycles. The van der Waals surface area contributed by atoms with Crippen LogP contribution in [0.4, 0.5) is 0 Å². The van der Waals surface area contributed by atoms with E-state index in [1.165, 1.54) is 34.4 Å². The van der Waals surface area contributed by atoms with Crippen LogP contribution in [-0.4, -0.2) is 11.8 Å². The first kappa shape index (κ1) is 14.7. The van der Waals surface area contributed by atoms with E-state index >= 15 is 0 Å². The predicted molar refractivity (Wildman–Crippen MR) is 91.8 cm³/mol. The van der Waals surface area contributed by atoms with Gasteiger partial charge in [0.2, 0.25) is 0 Å². The smallest absolute Gasteiger partial charge is 0.0138 e. The molecule has 2 aromatic carbocycles. The van der Waals surface area contributed by atoms with Gasteiger partial charge in [0, 0.05) is 10.1 Å². The fraction of sp³-hybridized carbons (Fsp3) is 0.368. The molecule has 1 nitrogen and oxygen atoms in total. The Bertz CT molecular complexity index is 583. The molecule has 0 aliphatic carbocycles. The SMILES string of the molecule is Cc1cccc(CC(CN)CC2Cc3ccccc3S2)c1. The minimum atomic E-state index is 0.582. The molecule has 0 radical (unpaired) electrons. The van der Waals surface area contributed by atoms with E-state index in [4.69, 9.17) is 5.73 Å². The highest BCUT2D eigenvalue weighted by molar-refractivity contribution is 8.00. The Labute approximate surface area is 132 Å². The first-order chi connectivity index (χ1) is 10.2. The van der Waals surface area contributed by atoms with Gasteiger partial charge in [-0.05, 0) is 55.8 Å². The molecular weight excluding hydrogens is 274 g/mol. The van der Waals surface area contributed by atoms with Crippen molar-refractivity contribution >= 4 is 11.8 Å². The van der Waals surface area contributed by atoms with Gasteiger partial charge in [-0.25, -0.2) is 0 Å². The highest BCUT2D eigenvalue weighted by atomic mass is 32.2. The lowest BCUT2D eigenvalue weighted by atomic mass is 9.92. The van der Waals surface area contributed by atoms with Crippen LogP contribution in [0.3, 0.4) is 0 Å². The fourth-order valence-electron chi connectivity index (χ4n) is 3.19. The van der Waals surface area contributed by atoms with Crippen LogP contribution in [0.2, 0.25) is 0 Å². The Balaban J connectivity index is 1.61. The van der Waals surface area contributed by atoms with Gasteiger partial charge >= 0.3 is 0 Å². The molecule has 110 valence electrons. The van der Waals surface area contributed by atoms with Gasteiger partial charge in [0.05, 0.1) is 0 Å². The van der Waals surface area contributed by atoms with Crippen molar-refractivity contribution in [2.75, 3.05) is 6.54 Å². The Morgan fingerprint density at radius 2 is 2.05 bits per heavy atom. The summed E-state index contributed by atoms with van der Waals surface area (Å²) in [6, 6.07) is 17.6. The van der Waals surface area contributed by atoms with Crippen LogP contribution in [0, 0.1) is 12.8 Å². The summed E-state index contributed by atoms with van der Waals surface area (Å²) in [6.45, 7) is 2.94. The van der Waals surface area contributed by atoms with E-state index in [9.17, 15) is 0 Å². The molecule has 2 N–H and O–H groups in total. The number of benzene rings is 2. The van der Waals surface area contributed by atoms with Crippen molar-refractivity contribution in [2.24, 2.45) is 11.7 Å². The monoisotopic (exact) mass is 297 g/mol. The number of hydrogen-bond donors (Lipinski definition) is 1. The van der Waals surface area contributed by atoms with Crippen LogP contribution in [0.15, 0.2) is 53.4 Å². The van der Waals surface area contributed by atoms with Crippen LogP contribution in [0.25, 0.3) is 0 Å². The number of hydrogen-bond acceptors (Lipinski definition) is 2. The molecule has 1 aliphatic rings. The molecule has 0 aromatic heterocycles. The van der Waals surface area contributed by atoms with Crippen molar-refractivity contribution in [3.8, 4) is 0 Å². The Hall–Kier alpha value is -1.25. The molecule has 2 atom stereocenters. The molecule has 0 saturated carbocycles. The average Bonchev–Trinajstić information content (AvgIpc) is 2.89. The summed E-state index contributed by atoms with van der Waals surface area (Å²) in [7, 11) is 0. The van der Waals surface area contributed by atoms with Crippen molar-refractivity contribution in [1.82, 2.24) is 0 Å². The summed E-state index contributed by atoms with van der Waals surface area (Å²) in [5, 5.41) is 0.695. The minimum absolute atomic E-state index is 0.582. The van der Waals surface area contributed by atoms with E-state index in [0.717, 1.165) is 13.0 Å². The van der Waals surface area contributed by atoms with Crippen molar-refractivity contribution in [3.05, 3.63) is 65.2 Å². The average molecular weight is 297 g/mol. The number of aryl methyl sites for hydroxylation is 1. The third-order valence-electron chi connectivity index (χ3n) is 4.25. The van der Waals surface area contributed by atoms with E-state index in [1.54, 1.807) is 0 Å². The quantitative estimate of drug-likeness (QED) is 0.894. The molecular formula is C19H23NS. The summed E-state index contributed by atoms with van der Waals surface area (Å²) in [6.07, 6.45) is 3.51. The number of thioether (sulfide) groups is 1. The highest BCUT2D eigenvalue weighted by Gasteiger charge is 2.24. The lowest BCUT2D eigenvalue weighted by Crippen LogP contribution is -2.21. The minimum Gasteiger partial charge on any atom is -0.330 e. The third kappa shape index (κ3) is 3.69. The largest absolute Gasteiger partial charge is 0.330 e. The van der Waals surface area contributed by atoms with Gasteiger partial charge < -0.3 is 5.73 Å². The second kappa shape index (κ2) is 6.67. The molecule has 0 amide bonds. The van der Waals surface area contributed by atoms with Gasteiger partial charge in [0.1, 0.15) is 0 Å². The molecule has 2 aromatic rings. The van der Waals surface area contributed by atoms with E-state index in [0.29, 0.717) is 11.2 Å². The standard InChI is InChI=1S/C19H23NS/c1-14-5-4-6-15(9-14)10-16(13-20)11-18-12-17-7-2-3-8-19(17)21-18/h2-9,16,18H,10-13,20H2,1H3. The zero-order chi connectivity index (χ0) is 14.7. The molecule has 2 heteroatoms. The second-order valence-corrected chi connectivity index (χ2v) is 7.42. The lowest BCUT2D eigenvalue weighted by molar-refractivity contribution is 0.485. The number of nitrogens with two attached hydrogens (primary N) is 1.